The molecule has 2 aliphatic heterocycles. The average Bonchev–Trinajstić information content (AvgIpc) is 3.42. The van der Waals surface area contributed by atoms with E-state index in [-0.39, 0.29) is 23.1 Å². The number of nitrogens with zero attached hydrogens (tertiary/aromatic N) is 2. The van der Waals surface area contributed by atoms with E-state index in [2.05, 4.69) is 11.8 Å². The van der Waals surface area contributed by atoms with E-state index in [4.69, 9.17) is 0 Å². The van der Waals surface area contributed by atoms with E-state index < -0.39 is 5.60 Å². The standard InChI is InChI=1S/C28H40N2O3/c1-21(17-22-9-3-2-4-10-22)25(31)29-16-15-28(33,27(19-29)13-7-8-14-27)20-30-18-23-11-5-6-12-24(23)26(30)32/h5-6,11-12,21-22,33H,2-4,7-10,13-20H2,1H3/t21-,28-/m1/s1. The maximum Gasteiger partial charge on any atom is 0.254 e. The third kappa shape index (κ3) is 4.22. The maximum atomic E-state index is 13.4. The largest absolute Gasteiger partial charge is 0.387 e. The van der Waals surface area contributed by atoms with Gasteiger partial charge in [0.1, 0.15) is 0 Å². The van der Waals surface area contributed by atoms with E-state index in [9.17, 15) is 14.7 Å². The van der Waals surface area contributed by atoms with E-state index in [0.717, 1.165) is 43.2 Å². The number of amides is 2. The zero-order valence-electron chi connectivity index (χ0n) is 20.2. The molecule has 2 heterocycles. The van der Waals surface area contributed by atoms with Crippen LogP contribution in [0.4, 0.5) is 0 Å². The topological polar surface area (TPSA) is 60.9 Å². The lowest BCUT2D eigenvalue weighted by molar-refractivity contribution is -0.163. The van der Waals surface area contributed by atoms with Crippen molar-refractivity contribution in [3.05, 3.63) is 35.4 Å². The molecule has 2 aliphatic carbocycles. The molecule has 5 nitrogen and oxygen atoms in total. The van der Waals surface area contributed by atoms with Crippen molar-refractivity contribution in [3.8, 4) is 0 Å². The molecule has 2 amide bonds. The lowest BCUT2D eigenvalue weighted by Gasteiger charge is -2.53. The molecule has 1 aromatic rings. The molecule has 2 saturated carbocycles. The van der Waals surface area contributed by atoms with Gasteiger partial charge in [-0.1, -0.05) is 70.1 Å². The fraction of sp³-hybridized carbons (Fsp3) is 0.714. The van der Waals surface area contributed by atoms with Crippen molar-refractivity contribution in [1.29, 1.82) is 0 Å². The van der Waals surface area contributed by atoms with Gasteiger partial charge < -0.3 is 14.9 Å². The first-order valence-electron chi connectivity index (χ1n) is 13.3. The van der Waals surface area contributed by atoms with Crippen LogP contribution in [0.1, 0.15) is 93.5 Å². The highest BCUT2D eigenvalue weighted by Gasteiger charge is 2.56. The van der Waals surface area contributed by atoms with Gasteiger partial charge in [-0.25, -0.2) is 0 Å². The van der Waals surface area contributed by atoms with Gasteiger partial charge in [-0.05, 0) is 43.2 Å². The highest BCUT2D eigenvalue weighted by molar-refractivity contribution is 5.98. The van der Waals surface area contributed by atoms with Gasteiger partial charge in [0.15, 0.2) is 0 Å². The number of rotatable bonds is 5. The second-order valence-electron chi connectivity index (χ2n) is 11.5. The van der Waals surface area contributed by atoms with Crippen molar-refractivity contribution >= 4 is 11.8 Å². The quantitative estimate of drug-likeness (QED) is 0.700. The van der Waals surface area contributed by atoms with Crippen molar-refractivity contribution in [1.82, 2.24) is 9.80 Å². The predicted octanol–water partition coefficient (Wildman–Crippen LogP) is 4.77. The monoisotopic (exact) mass is 452 g/mol. The molecule has 0 aromatic heterocycles. The summed E-state index contributed by atoms with van der Waals surface area (Å²) in [5, 5.41) is 12.0. The van der Waals surface area contributed by atoms with E-state index >= 15 is 0 Å². The number of carbonyl (C=O) groups excluding carboxylic acids is 2. The van der Waals surface area contributed by atoms with Gasteiger partial charge in [-0.15, -0.1) is 0 Å². The molecule has 0 radical (unpaired) electrons. The second-order valence-corrected chi connectivity index (χ2v) is 11.5. The summed E-state index contributed by atoms with van der Waals surface area (Å²) in [6, 6.07) is 7.78. The minimum absolute atomic E-state index is 0.0341. The number of fused-ring (bicyclic) bond motifs is 1. The Bertz CT molecular complexity index is 887. The number of β-amino-alcohol motifs (C(OH)–C–C–N with tert-alkyl or cyclic N) is 1. The second kappa shape index (κ2) is 9.05. The summed E-state index contributed by atoms with van der Waals surface area (Å²) in [4.78, 5) is 30.4. The molecule has 180 valence electrons. The summed E-state index contributed by atoms with van der Waals surface area (Å²) in [5.74, 6) is 1.07. The van der Waals surface area contributed by atoms with Gasteiger partial charge in [0.05, 0.1) is 12.1 Å². The van der Waals surface area contributed by atoms with Gasteiger partial charge in [-0.2, -0.15) is 0 Å². The number of hydrogen-bond acceptors (Lipinski definition) is 3. The number of carbonyl (C=O) groups is 2. The van der Waals surface area contributed by atoms with Crippen LogP contribution in [0, 0.1) is 17.3 Å². The summed E-state index contributed by atoms with van der Waals surface area (Å²) in [6.07, 6.45) is 12.2. The molecular formula is C28H40N2O3. The van der Waals surface area contributed by atoms with Crippen LogP contribution in [0.2, 0.25) is 0 Å². The highest BCUT2D eigenvalue weighted by atomic mass is 16.3. The van der Waals surface area contributed by atoms with Crippen LogP contribution in [0.5, 0.6) is 0 Å². The first-order chi connectivity index (χ1) is 15.9. The Balaban J connectivity index is 1.28. The Morgan fingerprint density at radius 1 is 1.09 bits per heavy atom. The number of benzene rings is 1. The molecule has 3 fully saturated rings. The Morgan fingerprint density at radius 3 is 2.55 bits per heavy atom. The Kier molecular flexibility index (Phi) is 6.28. The molecule has 0 bridgehead atoms. The molecule has 4 aliphatic rings. The third-order valence-electron chi connectivity index (χ3n) is 9.33. The van der Waals surface area contributed by atoms with Crippen LogP contribution in [-0.4, -0.2) is 52.0 Å². The molecule has 0 unspecified atom stereocenters. The van der Waals surface area contributed by atoms with Gasteiger partial charge in [0, 0.05) is 36.5 Å². The molecule has 1 saturated heterocycles. The van der Waals surface area contributed by atoms with Gasteiger partial charge in [-0.3, -0.25) is 9.59 Å². The summed E-state index contributed by atoms with van der Waals surface area (Å²) in [6.45, 7) is 4.31. The fourth-order valence-electron chi connectivity index (χ4n) is 7.38. The molecule has 5 heteroatoms. The van der Waals surface area contributed by atoms with Crippen molar-refractivity contribution in [2.24, 2.45) is 17.3 Å². The van der Waals surface area contributed by atoms with Crippen LogP contribution in [0.3, 0.4) is 0 Å². The van der Waals surface area contributed by atoms with Crippen molar-refractivity contribution in [2.45, 2.75) is 89.7 Å². The van der Waals surface area contributed by atoms with Gasteiger partial charge in [0.25, 0.3) is 5.91 Å². The number of likely N-dealkylation sites (tertiary alicyclic amines) is 1. The first kappa shape index (κ1) is 22.9. The van der Waals surface area contributed by atoms with Gasteiger partial charge >= 0.3 is 0 Å². The smallest absolute Gasteiger partial charge is 0.254 e. The van der Waals surface area contributed by atoms with Crippen molar-refractivity contribution in [2.75, 3.05) is 19.6 Å². The third-order valence-corrected chi connectivity index (χ3v) is 9.33. The average molecular weight is 453 g/mol. The number of aliphatic hydroxyl groups is 1. The van der Waals surface area contributed by atoms with Crippen LogP contribution in [-0.2, 0) is 11.3 Å². The molecular weight excluding hydrogens is 412 g/mol. The lowest BCUT2D eigenvalue weighted by Crippen LogP contribution is -2.64. The number of piperidine rings is 1. The SMILES string of the molecule is C[C@H](CC1CCCCC1)C(=O)N1CC[C@@](O)(CN2Cc3ccccc3C2=O)C2(CCCC2)C1. The van der Waals surface area contributed by atoms with Crippen molar-refractivity contribution in [3.63, 3.8) is 0 Å². The Morgan fingerprint density at radius 2 is 1.82 bits per heavy atom. The molecule has 1 aromatic carbocycles. The molecule has 2 atom stereocenters. The minimum atomic E-state index is -0.926. The number of hydrogen-bond donors (Lipinski definition) is 1. The first-order valence-corrected chi connectivity index (χ1v) is 13.3. The highest BCUT2D eigenvalue weighted by Crippen LogP contribution is 2.52. The van der Waals surface area contributed by atoms with E-state index in [1.54, 1.807) is 0 Å². The van der Waals surface area contributed by atoms with Crippen LogP contribution >= 0.6 is 0 Å². The summed E-state index contributed by atoms with van der Waals surface area (Å²) >= 11 is 0. The van der Waals surface area contributed by atoms with E-state index in [1.807, 2.05) is 29.2 Å². The van der Waals surface area contributed by atoms with Crippen LogP contribution < -0.4 is 0 Å². The maximum absolute atomic E-state index is 13.4. The van der Waals surface area contributed by atoms with E-state index in [1.165, 1.54) is 32.1 Å². The molecule has 1 spiro atoms. The summed E-state index contributed by atoms with van der Waals surface area (Å²) < 4.78 is 0. The van der Waals surface area contributed by atoms with Crippen LogP contribution in [0.25, 0.3) is 0 Å². The fourth-order valence-corrected chi connectivity index (χ4v) is 7.38. The van der Waals surface area contributed by atoms with Gasteiger partial charge in [0.2, 0.25) is 5.91 Å². The molecule has 33 heavy (non-hydrogen) atoms. The Hall–Kier alpha value is -1.88. The minimum Gasteiger partial charge on any atom is -0.387 e. The normalized spacial score (nSPS) is 28.4. The molecule has 5 rings (SSSR count). The zero-order chi connectivity index (χ0) is 23.1. The summed E-state index contributed by atoms with van der Waals surface area (Å²) in [5.41, 5.74) is 0.604. The molecule has 1 N–H and O–H groups in total. The van der Waals surface area contributed by atoms with Crippen LogP contribution in [0.15, 0.2) is 24.3 Å². The Labute approximate surface area is 198 Å². The van der Waals surface area contributed by atoms with E-state index in [0.29, 0.717) is 38.5 Å². The summed E-state index contributed by atoms with van der Waals surface area (Å²) in [7, 11) is 0. The lowest BCUT2D eigenvalue weighted by atomic mass is 9.65. The zero-order valence-corrected chi connectivity index (χ0v) is 20.2. The predicted molar refractivity (Wildman–Crippen MR) is 129 cm³/mol. The van der Waals surface area contributed by atoms with Crippen molar-refractivity contribution < 1.29 is 14.7 Å².